The number of nitrogens with zero attached hydrogens (tertiary/aromatic N) is 4. The molecule has 3 aromatic rings. The maximum Gasteiger partial charge on any atom is 2.00 e. The van der Waals surface area contributed by atoms with Gasteiger partial charge in [-0.2, -0.15) is 21.9 Å². The predicted molar refractivity (Wildman–Crippen MR) is 119 cm³/mol. The van der Waals surface area contributed by atoms with Crippen LogP contribution in [0, 0.1) is 6.92 Å². The number of aryl methyl sites for hydroxylation is 1. The van der Waals surface area contributed by atoms with Gasteiger partial charge in [0, 0.05) is 0 Å². The molecule has 0 saturated carbocycles. The van der Waals surface area contributed by atoms with Crippen LogP contribution in [0.25, 0.3) is 5.69 Å². The molecule has 0 fully saturated rings. The van der Waals surface area contributed by atoms with Gasteiger partial charge in [0.15, 0.2) is 11.5 Å². The Morgan fingerprint density at radius 3 is 2.22 bits per heavy atom. The summed E-state index contributed by atoms with van der Waals surface area (Å²) in [5.41, 5.74) is 6.29. The first-order valence-electron chi connectivity index (χ1n) is 8.10. The van der Waals surface area contributed by atoms with Crippen molar-refractivity contribution in [2.45, 2.75) is 16.7 Å². The molecule has 16 heteroatoms. The molecule has 0 aliphatic rings. The van der Waals surface area contributed by atoms with E-state index in [1.54, 1.807) is 0 Å². The zero-order valence-corrected chi connectivity index (χ0v) is 21.5. The molecule has 4 N–H and O–H groups in total. The molecule has 0 atom stereocenters. The number of benzene rings is 2. The van der Waals surface area contributed by atoms with Crippen molar-refractivity contribution >= 4 is 98.4 Å². The van der Waals surface area contributed by atoms with E-state index in [9.17, 15) is 25.9 Å². The maximum atomic E-state index is 11.6. The van der Waals surface area contributed by atoms with Crippen molar-refractivity contribution in [3.8, 4) is 5.69 Å². The molecule has 164 valence electrons. The van der Waals surface area contributed by atoms with Crippen molar-refractivity contribution in [1.29, 1.82) is 0 Å². The molecule has 1 heterocycles. The van der Waals surface area contributed by atoms with Crippen molar-refractivity contribution in [2.24, 2.45) is 10.2 Å². The van der Waals surface area contributed by atoms with Gasteiger partial charge in [0.1, 0.15) is 10.6 Å². The van der Waals surface area contributed by atoms with E-state index in [2.05, 4.69) is 15.3 Å². The Bertz CT molecular complexity index is 1440. The summed E-state index contributed by atoms with van der Waals surface area (Å²) in [6, 6.07) is 7.23. The Hall–Kier alpha value is -1.29. The molecular weight excluding hydrogens is 533 g/mol. The average Bonchev–Trinajstić information content (AvgIpc) is 2.95. The van der Waals surface area contributed by atoms with Gasteiger partial charge >= 0.3 is 37.7 Å². The van der Waals surface area contributed by atoms with Gasteiger partial charge in [-0.25, -0.2) is 4.68 Å². The Labute approximate surface area is 222 Å². The van der Waals surface area contributed by atoms with Crippen molar-refractivity contribution in [1.82, 2.24) is 9.78 Å². The van der Waals surface area contributed by atoms with Gasteiger partial charge in [0.05, 0.1) is 26.3 Å². The Morgan fingerprint density at radius 1 is 1.00 bits per heavy atom. The van der Waals surface area contributed by atoms with Gasteiger partial charge in [0.25, 0.3) is 20.2 Å². The monoisotopic (exact) mass is 545 g/mol. The van der Waals surface area contributed by atoms with Crippen molar-refractivity contribution in [3.63, 3.8) is 0 Å². The van der Waals surface area contributed by atoms with Gasteiger partial charge < -0.3 is 5.73 Å². The fraction of sp³-hybridized carbons (Fsp3) is 0.0625. The molecule has 0 spiro atoms. The molecule has 0 amide bonds. The van der Waals surface area contributed by atoms with Crippen LogP contribution in [0.1, 0.15) is 5.69 Å². The third-order valence-electron chi connectivity index (χ3n) is 3.96. The molecule has 0 radical (unpaired) electrons. The van der Waals surface area contributed by atoms with Crippen LogP contribution in [0.3, 0.4) is 0 Å². The van der Waals surface area contributed by atoms with Crippen LogP contribution in [0.4, 0.5) is 17.2 Å². The largest absolute Gasteiger partial charge is 2.00 e. The number of azo groups is 1. The minimum absolute atomic E-state index is 0. The second-order valence-corrected chi connectivity index (χ2v) is 9.74. The topological polar surface area (TPSA) is 177 Å². The molecule has 0 aliphatic carbocycles. The van der Waals surface area contributed by atoms with E-state index in [-0.39, 0.29) is 81.3 Å². The number of hydrogen-bond donors (Lipinski definition) is 3. The molecule has 0 unspecified atom stereocenters. The van der Waals surface area contributed by atoms with Crippen LogP contribution >= 0.6 is 23.2 Å². The van der Waals surface area contributed by atoms with Crippen LogP contribution in [0.15, 0.2) is 56.4 Å². The maximum absolute atomic E-state index is 11.6. The van der Waals surface area contributed by atoms with Crippen molar-refractivity contribution < 1.29 is 25.9 Å². The molecule has 0 bridgehead atoms. The van der Waals surface area contributed by atoms with Crippen LogP contribution in [0.2, 0.25) is 10.0 Å². The van der Waals surface area contributed by atoms with Crippen LogP contribution in [0.5, 0.6) is 0 Å². The predicted octanol–water partition coefficient (Wildman–Crippen LogP) is 3.60. The normalized spacial score (nSPS) is 12.2. The number of halogens is 2. The first-order chi connectivity index (χ1) is 14.3. The van der Waals surface area contributed by atoms with Gasteiger partial charge in [-0.1, -0.05) is 29.3 Å². The second-order valence-electron chi connectivity index (χ2n) is 6.11. The summed E-state index contributed by atoms with van der Waals surface area (Å²) in [6.07, 6.45) is 0. The molecule has 2 aromatic carbocycles. The second kappa shape index (κ2) is 9.91. The van der Waals surface area contributed by atoms with Crippen LogP contribution < -0.4 is 5.73 Å². The fourth-order valence-electron chi connectivity index (χ4n) is 2.54. The zero-order valence-electron chi connectivity index (χ0n) is 16.1. The molecule has 0 saturated heterocycles. The summed E-state index contributed by atoms with van der Waals surface area (Å²) in [5, 5.41) is 11.7. The number of anilines is 1. The van der Waals surface area contributed by atoms with E-state index in [1.807, 2.05) is 0 Å². The molecule has 32 heavy (non-hydrogen) atoms. The number of nitrogen functional groups attached to an aromatic ring is 1. The van der Waals surface area contributed by atoms with E-state index in [0.717, 1.165) is 22.9 Å². The van der Waals surface area contributed by atoms with Crippen molar-refractivity contribution in [2.75, 3.05) is 5.73 Å². The number of rotatable bonds is 5. The van der Waals surface area contributed by atoms with E-state index in [1.165, 1.54) is 25.1 Å². The molecule has 11 nitrogen and oxygen atoms in total. The van der Waals surface area contributed by atoms with E-state index >= 15 is 0 Å². The summed E-state index contributed by atoms with van der Waals surface area (Å²) < 4.78 is 65.7. The summed E-state index contributed by atoms with van der Waals surface area (Å²) in [7, 11) is -9.13. The van der Waals surface area contributed by atoms with Crippen LogP contribution in [-0.4, -0.2) is 73.5 Å². The van der Waals surface area contributed by atoms with Gasteiger partial charge in [-0.05, 0) is 37.3 Å². The van der Waals surface area contributed by atoms with Gasteiger partial charge in [-0.15, -0.1) is 10.2 Å². The van der Waals surface area contributed by atoms with Gasteiger partial charge in [0.2, 0.25) is 0 Å². The first-order valence-corrected chi connectivity index (χ1v) is 11.7. The van der Waals surface area contributed by atoms with E-state index in [4.69, 9.17) is 28.9 Å². The van der Waals surface area contributed by atoms with Gasteiger partial charge in [-0.3, -0.25) is 9.11 Å². The van der Waals surface area contributed by atoms with Crippen molar-refractivity contribution in [3.05, 3.63) is 52.1 Å². The Balaban J connectivity index is 0.00000363. The smallest absolute Gasteiger partial charge is 0.382 e. The minimum atomic E-state index is -4.68. The van der Waals surface area contributed by atoms with E-state index in [0.29, 0.717) is 0 Å². The molecule has 0 aliphatic heterocycles. The summed E-state index contributed by atoms with van der Waals surface area (Å²) in [5.74, 6) is -0.0535. The standard InChI is InChI=1S/C16H13Cl2N5O6S2.Ca/c1-8-15(21-20-13-6-11(17)12(18)7-14(13)31(27,28)29)16(19)23(22-8)9-3-2-4-10(5-9)30(24,25)26;/h2-7H,19H2,1H3,(H,24,25,26)(H,27,28,29);/q;+2. The third-order valence-corrected chi connectivity index (χ3v) is 6.42. The quantitative estimate of drug-likeness (QED) is 0.247. The summed E-state index contributed by atoms with van der Waals surface area (Å²) >= 11 is 11.7. The SMILES string of the molecule is Cc1nn(-c2cccc(S(=O)(=O)O)c2)c(N)c1N=Nc1cc(Cl)c(Cl)cc1S(=O)(=O)O.[Ca+2]. The molecule has 3 rings (SSSR count). The summed E-state index contributed by atoms with van der Waals surface area (Å²) in [6.45, 7) is 1.53. The third kappa shape index (κ3) is 5.79. The Kier molecular flexibility index (Phi) is 8.35. The summed E-state index contributed by atoms with van der Waals surface area (Å²) in [4.78, 5) is -0.982. The number of hydrogen-bond acceptors (Lipinski definition) is 8. The average molecular weight is 546 g/mol. The van der Waals surface area contributed by atoms with E-state index < -0.39 is 25.1 Å². The first kappa shape index (κ1) is 27.0. The zero-order chi connectivity index (χ0) is 23.1. The minimum Gasteiger partial charge on any atom is -0.382 e. The fourth-order valence-corrected chi connectivity index (χ4v) is 4.08. The molecular formula is C16H13CaCl2N5O6S2+2. The number of aromatic nitrogens is 2. The molecule has 1 aromatic heterocycles. The Morgan fingerprint density at radius 2 is 1.62 bits per heavy atom. The van der Waals surface area contributed by atoms with Crippen LogP contribution in [-0.2, 0) is 20.2 Å². The number of nitrogens with two attached hydrogens (primary N) is 1.